The third-order valence-corrected chi connectivity index (χ3v) is 2.01. The van der Waals surface area contributed by atoms with E-state index in [0.29, 0.717) is 5.56 Å². The monoisotopic (exact) mass is 207 g/mol. The smallest absolute Gasteiger partial charge is 0.236 e. The maximum atomic E-state index is 12.5. The molecule has 0 atom stereocenters. The average Bonchev–Trinajstić information content (AvgIpc) is 2.21. The second kappa shape index (κ2) is 4.47. The Balaban J connectivity index is 3.36. The molecule has 0 fully saturated rings. The first kappa shape index (κ1) is 11.1. The Hall–Kier alpha value is -2.01. The Morgan fingerprint density at radius 2 is 2.13 bits per heavy atom. The minimum atomic E-state index is -2.73. The number of halogens is 2. The summed E-state index contributed by atoms with van der Waals surface area (Å²) in [6.07, 6.45) is -2.72. The zero-order valence-corrected chi connectivity index (χ0v) is 7.96. The van der Waals surface area contributed by atoms with Crippen LogP contribution in [0.3, 0.4) is 0 Å². The first-order valence-corrected chi connectivity index (χ1v) is 4.15. The van der Waals surface area contributed by atoms with Crippen LogP contribution in [0, 0.1) is 29.6 Å². The summed E-state index contributed by atoms with van der Waals surface area (Å²) in [6.45, 7) is 1.47. The van der Waals surface area contributed by atoms with Crippen molar-refractivity contribution in [3.63, 3.8) is 0 Å². The average molecular weight is 207 g/mol. The third kappa shape index (κ3) is 2.26. The van der Waals surface area contributed by atoms with Crippen LogP contribution in [-0.4, -0.2) is 4.98 Å². The molecule has 0 spiro atoms. The predicted octanol–water partition coefficient (Wildman–Crippen LogP) is 2.27. The largest absolute Gasteiger partial charge is 0.280 e. The lowest BCUT2D eigenvalue weighted by molar-refractivity contribution is 0.145. The van der Waals surface area contributed by atoms with Gasteiger partial charge in [0.15, 0.2) is 0 Å². The molecule has 76 valence electrons. The van der Waals surface area contributed by atoms with E-state index in [9.17, 15) is 8.78 Å². The van der Waals surface area contributed by atoms with Crippen molar-refractivity contribution in [2.75, 3.05) is 0 Å². The van der Waals surface area contributed by atoms with Gasteiger partial charge >= 0.3 is 0 Å². The Bertz CT molecular complexity index is 455. The van der Waals surface area contributed by atoms with E-state index in [1.807, 2.05) is 6.07 Å². The van der Waals surface area contributed by atoms with Crippen LogP contribution in [0.2, 0.25) is 0 Å². The van der Waals surface area contributed by atoms with E-state index in [4.69, 9.17) is 10.5 Å². The molecule has 1 aromatic heterocycles. The van der Waals surface area contributed by atoms with Gasteiger partial charge in [-0.25, -0.2) is 13.8 Å². The second-order valence-electron chi connectivity index (χ2n) is 2.92. The lowest BCUT2D eigenvalue weighted by Crippen LogP contribution is -2.02. The van der Waals surface area contributed by atoms with Gasteiger partial charge in [-0.3, -0.25) is 0 Å². The highest BCUT2D eigenvalue weighted by molar-refractivity contribution is 5.37. The summed E-state index contributed by atoms with van der Waals surface area (Å²) in [5.41, 5.74) is 0.213. The van der Waals surface area contributed by atoms with Crippen molar-refractivity contribution in [2.24, 2.45) is 0 Å². The van der Waals surface area contributed by atoms with Crippen LogP contribution in [-0.2, 0) is 6.42 Å². The van der Waals surface area contributed by atoms with Gasteiger partial charge in [0.05, 0.1) is 12.5 Å². The van der Waals surface area contributed by atoms with Gasteiger partial charge in [0, 0.05) is 0 Å². The molecule has 0 radical (unpaired) electrons. The van der Waals surface area contributed by atoms with Crippen molar-refractivity contribution in [3.05, 3.63) is 28.6 Å². The van der Waals surface area contributed by atoms with Crippen LogP contribution in [0.5, 0.6) is 0 Å². The summed E-state index contributed by atoms with van der Waals surface area (Å²) >= 11 is 0. The molecule has 0 unspecified atom stereocenters. The Morgan fingerprint density at radius 3 is 2.60 bits per heavy atom. The molecule has 5 heteroatoms. The molecule has 0 bridgehead atoms. The lowest BCUT2D eigenvalue weighted by Gasteiger charge is -2.07. The maximum Gasteiger partial charge on any atom is 0.280 e. The van der Waals surface area contributed by atoms with Crippen LogP contribution in [0.1, 0.15) is 28.9 Å². The maximum absolute atomic E-state index is 12.5. The van der Waals surface area contributed by atoms with Gasteiger partial charge in [-0.1, -0.05) is 0 Å². The van der Waals surface area contributed by atoms with Gasteiger partial charge in [0.25, 0.3) is 6.43 Å². The molecule has 0 amide bonds. The molecule has 1 rings (SSSR count). The van der Waals surface area contributed by atoms with Gasteiger partial charge in [-0.05, 0) is 24.1 Å². The molecule has 1 aromatic rings. The lowest BCUT2D eigenvalue weighted by atomic mass is 10.0. The van der Waals surface area contributed by atoms with Crippen LogP contribution >= 0.6 is 0 Å². The van der Waals surface area contributed by atoms with E-state index >= 15 is 0 Å². The number of rotatable bonds is 2. The van der Waals surface area contributed by atoms with Crippen molar-refractivity contribution in [3.8, 4) is 12.1 Å². The van der Waals surface area contributed by atoms with Crippen molar-refractivity contribution < 1.29 is 8.78 Å². The number of hydrogen-bond acceptors (Lipinski definition) is 3. The SMILES string of the molecule is Cc1c(CC#N)cc(C#N)nc1C(F)F. The highest BCUT2D eigenvalue weighted by atomic mass is 19.3. The van der Waals surface area contributed by atoms with E-state index in [0.717, 1.165) is 0 Å². The minimum Gasteiger partial charge on any atom is -0.236 e. The summed E-state index contributed by atoms with van der Waals surface area (Å²) in [5.74, 6) is 0. The second-order valence-corrected chi connectivity index (χ2v) is 2.92. The Labute approximate surface area is 85.6 Å². The zero-order valence-electron chi connectivity index (χ0n) is 7.96. The summed E-state index contributed by atoms with van der Waals surface area (Å²) in [4.78, 5) is 3.51. The van der Waals surface area contributed by atoms with Crippen LogP contribution in [0.25, 0.3) is 0 Å². The highest BCUT2D eigenvalue weighted by Crippen LogP contribution is 2.23. The molecule has 0 aliphatic rings. The summed E-state index contributed by atoms with van der Waals surface area (Å²) < 4.78 is 25.0. The van der Waals surface area contributed by atoms with Crippen molar-refractivity contribution in [1.29, 1.82) is 10.5 Å². The van der Waals surface area contributed by atoms with E-state index in [1.54, 1.807) is 6.07 Å². The van der Waals surface area contributed by atoms with E-state index in [-0.39, 0.29) is 17.7 Å². The molecule has 0 aliphatic heterocycles. The number of pyridine rings is 1. The predicted molar refractivity (Wildman–Crippen MR) is 48.0 cm³/mol. The van der Waals surface area contributed by atoms with E-state index < -0.39 is 12.1 Å². The van der Waals surface area contributed by atoms with Gasteiger partial charge in [-0.2, -0.15) is 10.5 Å². The first-order valence-electron chi connectivity index (χ1n) is 4.15. The van der Waals surface area contributed by atoms with Crippen molar-refractivity contribution in [1.82, 2.24) is 4.98 Å². The molecular formula is C10H7F2N3. The molecule has 3 nitrogen and oxygen atoms in total. The molecular weight excluding hydrogens is 200 g/mol. The van der Waals surface area contributed by atoms with Gasteiger partial charge in [0.2, 0.25) is 0 Å². The van der Waals surface area contributed by atoms with E-state index in [1.165, 1.54) is 13.0 Å². The molecule has 0 saturated carbocycles. The molecule has 0 N–H and O–H groups in total. The fourth-order valence-electron chi connectivity index (χ4n) is 1.22. The van der Waals surface area contributed by atoms with Gasteiger partial charge < -0.3 is 0 Å². The molecule has 0 saturated heterocycles. The van der Waals surface area contributed by atoms with Crippen molar-refractivity contribution >= 4 is 0 Å². The third-order valence-electron chi connectivity index (χ3n) is 2.01. The minimum absolute atomic E-state index is 0.00273. The van der Waals surface area contributed by atoms with Crippen LogP contribution in [0.4, 0.5) is 8.78 Å². The normalized spacial score (nSPS) is 9.73. The molecule has 15 heavy (non-hydrogen) atoms. The standard InChI is InChI=1S/C10H7F2N3/c1-6-7(2-3-13)4-8(5-14)15-9(6)10(11)12/h4,10H,2H2,1H3. The molecule has 0 aliphatic carbocycles. The Morgan fingerprint density at radius 1 is 1.47 bits per heavy atom. The van der Waals surface area contributed by atoms with Gasteiger partial charge in [0.1, 0.15) is 17.5 Å². The van der Waals surface area contributed by atoms with E-state index in [2.05, 4.69) is 4.98 Å². The number of nitriles is 2. The van der Waals surface area contributed by atoms with Crippen LogP contribution in [0.15, 0.2) is 6.07 Å². The fraction of sp³-hybridized carbons (Fsp3) is 0.300. The fourth-order valence-corrected chi connectivity index (χ4v) is 1.22. The number of aromatic nitrogens is 1. The topological polar surface area (TPSA) is 60.5 Å². The van der Waals surface area contributed by atoms with Crippen LogP contribution < -0.4 is 0 Å². The number of alkyl halides is 2. The van der Waals surface area contributed by atoms with Crippen molar-refractivity contribution in [2.45, 2.75) is 19.8 Å². The number of hydrogen-bond donors (Lipinski definition) is 0. The number of nitrogens with zero attached hydrogens (tertiary/aromatic N) is 3. The Kier molecular flexibility index (Phi) is 3.30. The summed E-state index contributed by atoms with van der Waals surface area (Å²) in [6, 6.07) is 4.92. The quantitative estimate of drug-likeness (QED) is 0.747. The molecule has 0 aromatic carbocycles. The highest BCUT2D eigenvalue weighted by Gasteiger charge is 2.16. The zero-order chi connectivity index (χ0) is 11.4. The first-order chi connectivity index (χ1) is 7.10. The summed E-state index contributed by atoms with van der Waals surface area (Å²) in [5, 5.41) is 17.1. The van der Waals surface area contributed by atoms with Gasteiger partial charge in [-0.15, -0.1) is 0 Å². The molecule has 1 heterocycles. The summed E-state index contributed by atoms with van der Waals surface area (Å²) in [7, 11) is 0.